The monoisotopic (exact) mass is 534 g/mol. The number of benzene rings is 2. The van der Waals surface area contributed by atoms with Crippen LogP contribution in [0.1, 0.15) is 23.6 Å². The Balaban J connectivity index is 1.69. The number of hydrogen-bond donors (Lipinski definition) is 1. The molecule has 0 aromatic heterocycles. The molecule has 1 aliphatic rings. The first-order valence-electron chi connectivity index (χ1n) is 9.86. The quantitative estimate of drug-likeness (QED) is 0.383. The molecule has 0 saturated carbocycles. The molecule has 2 aromatic carbocycles. The highest BCUT2D eigenvalue weighted by molar-refractivity contribution is 9.10. The lowest BCUT2D eigenvalue weighted by Crippen LogP contribution is -2.27. The number of nitrogens with zero attached hydrogens (tertiary/aromatic N) is 1. The number of amides is 2. The van der Waals surface area contributed by atoms with Crippen LogP contribution in [-0.4, -0.2) is 41.3 Å². The van der Waals surface area contributed by atoms with E-state index in [-0.39, 0.29) is 18.4 Å². The van der Waals surface area contributed by atoms with Crippen LogP contribution < -0.4 is 14.8 Å². The van der Waals surface area contributed by atoms with Gasteiger partial charge in [-0.15, -0.1) is 0 Å². The van der Waals surface area contributed by atoms with E-state index in [1.165, 1.54) is 18.9 Å². The maximum Gasteiger partial charge on any atom is 0.266 e. The van der Waals surface area contributed by atoms with Crippen molar-refractivity contribution in [2.75, 3.05) is 25.6 Å². The highest BCUT2D eigenvalue weighted by Gasteiger charge is 2.30. The summed E-state index contributed by atoms with van der Waals surface area (Å²) < 4.78 is 12.5. The minimum atomic E-state index is -0.289. The smallest absolute Gasteiger partial charge is 0.266 e. The van der Waals surface area contributed by atoms with Crippen molar-refractivity contribution >= 4 is 67.8 Å². The summed E-state index contributed by atoms with van der Waals surface area (Å²) in [4.78, 5) is 26.9. The standard InChI is InChI=1S/C23H23BrN2O4S2/c1-5-26-22(28)20(32-23(26)31)11-15-6-7-18(19(10-15)29-4)30-12-21(27)25-17-9-14(3)13(2)8-16(17)24/h6-11H,5,12H2,1-4H3,(H,25,27). The molecule has 0 bridgehead atoms. The van der Waals surface area contributed by atoms with Gasteiger partial charge in [-0.3, -0.25) is 14.5 Å². The molecular weight excluding hydrogens is 512 g/mol. The second-order valence-corrected chi connectivity index (χ2v) is 9.62. The van der Waals surface area contributed by atoms with Gasteiger partial charge >= 0.3 is 0 Å². The van der Waals surface area contributed by atoms with Gasteiger partial charge < -0.3 is 14.8 Å². The summed E-state index contributed by atoms with van der Waals surface area (Å²) in [5, 5.41) is 2.85. The zero-order chi connectivity index (χ0) is 23.4. The summed E-state index contributed by atoms with van der Waals surface area (Å²) in [6.07, 6.45) is 1.77. The van der Waals surface area contributed by atoms with Crippen molar-refractivity contribution < 1.29 is 19.1 Å². The second-order valence-electron chi connectivity index (χ2n) is 7.09. The van der Waals surface area contributed by atoms with Gasteiger partial charge in [0, 0.05) is 11.0 Å². The lowest BCUT2D eigenvalue weighted by molar-refractivity contribution is -0.122. The van der Waals surface area contributed by atoms with E-state index < -0.39 is 0 Å². The number of likely N-dealkylation sites (N-methyl/N-ethyl adjacent to an activating group) is 1. The molecule has 0 unspecified atom stereocenters. The van der Waals surface area contributed by atoms with Crippen LogP contribution in [0.2, 0.25) is 0 Å². The number of nitrogens with one attached hydrogen (secondary N) is 1. The van der Waals surface area contributed by atoms with E-state index in [0.29, 0.717) is 33.0 Å². The topological polar surface area (TPSA) is 67.9 Å². The number of hydrogen-bond acceptors (Lipinski definition) is 6. The molecule has 9 heteroatoms. The van der Waals surface area contributed by atoms with E-state index in [0.717, 1.165) is 21.2 Å². The van der Waals surface area contributed by atoms with Gasteiger partial charge in [-0.05, 0) is 83.7 Å². The van der Waals surface area contributed by atoms with Crippen LogP contribution in [-0.2, 0) is 9.59 Å². The molecular formula is C23H23BrN2O4S2. The van der Waals surface area contributed by atoms with Crippen LogP contribution in [0, 0.1) is 13.8 Å². The zero-order valence-electron chi connectivity index (χ0n) is 18.2. The van der Waals surface area contributed by atoms with Crippen molar-refractivity contribution in [1.82, 2.24) is 4.90 Å². The van der Waals surface area contributed by atoms with Crippen LogP contribution in [0.3, 0.4) is 0 Å². The lowest BCUT2D eigenvalue weighted by atomic mass is 10.1. The number of aryl methyl sites for hydroxylation is 2. The number of thiocarbonyl (C=S) groups is 1. The Morgan fingerprint density at radius 1 is 1.22 bits per heavy atom. The van der Waals surface area contributed by atoms with E-state index in [2.05, 4.69) is 21.2 Å². The molecule has 0 radical (unpaired) electrons. The Morgan fingerprint density at radius 3 is 2.59 bits per heavy atom. The number of rotatable bonds is 7. The summed E-state index contributed by atoms with van der Waals surface area (Å²) in [5.74, 6) is 0.504. The highest BCUT2D eigenvalue weighted by atomic mass is 79.9. The van der Waals surface area contributed by atoms with Crippen LogP contribution in [0.5, 0.6) is 11.5 Å². The Bertz CT molecular complexity index is 1120. The molecule has 1 aliphatic heterocycles. The second kappa shape index (κ2) is 10.5. The fourth-order valence-electron chi connectivity index (χ4n) is 3.02. The van der Waals surface area contributed by atoms with E-state index in [4.69, 9.17) is 21.7 Å². The van der Waals surface area contributed by atoms with E-state index in [9.17, 15) is 9.59 Å². The fourth-order valence-corrected chi connectivity index (χ4v) is 4.96. The molecule has 32 heavy (non-hydrogen) atoms. The molecule has 1 fully saturated rings. The zero-order valence-corrected chi connectivity index (χ0v) is 21.4. The van der Waals surface area contributed by atoms with Crippen molar-refractivity contribution in [3.8, 4) is 11.5 Å². The van der Waals surface area contributed by atoms with Crippen molar-refractivity contribution in [2.45, 2.75) is 20.8 Å². The van der Waals surface area contributed by atoms with Crippen molar-refractivity contribution in [1.29, 1.82) is 0 Å². The van der Waals surface area contributed by atoms with E-state index in [1.807, 2.05) is 32.9 Å². The van der Waals surface area contributed by atoms with Gasteiger partial charge in [-0.25, -0.2) is 0 Å². The summed E-state index contributed by atoms with van der Waals surface area (Å²) in [6.45, 7) is 6.25. The summed E-state index contributed by atoms with van der Waals surface area (Å²) in [7, 11) is 1.52. The summed E-state index contributed by atoms with van der Waals surface area (Å²) >= 11 is 10.00. The number of carbonyl (C=O) groups excluding carboxylic acids is 2. The third-order valence-corrected chi connectivity index (χ3v) is 6.93. The largest absolute Gasteiger partial charge is 0.493 e. The molecule has 2 aromatic rings. The fraction of sp³-hybridized carbons (Fsp3) is 0.261. The Hall–Kier alpha value is -2.36. The van der Waals surface area contributed by atoms with E-state index >= 15 is 0 Å². The first kappa shape index (κ1) is 24.3. The first-order chi connectivity index (χ1) is 15.2. The number of thioether (sulfide) groups is 1. The van der Waals surface area contributed by atoms with Crippen molar-refractivity contribution in [3.63, 3.8) is 0 Å². The molecule has 0 aliphatic carbocycles. The van der Waals surface area contributed by atoms with Crippen LogP contribution >= 0.6 is 39.9 Å². The van der Waals surface area contributed by atoms with Gasteiger partial charge in [0.2, 0.25) is 0 Å². The average Bonchev–Trinajstić information content (AvgIpc) is 3.02. The Morgan fingerprint density at radius 2 is 1.94 bits per heavy atom. The van der Waals surface area contributed by atoms with Gasteiger partial charge in [0.25, 0.3) is 11.8 Å². The maximum absolute atomic E-state index is 12.4. The molecule has 2 amide bonds. The summed E-state index contributed by atoms with van der Waals surface area (Å²) in [5.41, 5.74) is 3.67. The highest BCUT2D eigenvalue weighted by Crippen LogP contribution is 2.34. The van der Waals surface area contributed by atoms with Gasteiger partial charge in [0.05, 0.1) is 17.7 Å². The van der Waals surface area contributed by atoms with Gasteiger partial charge in [-0.1, -0.05) is 30.0 Å². The third kappa shape index (κ3) is 5.51. The normalized spacial score (nSPS) is 14.8. The Kier molecular flexibility index (Phi) is 7.97. The Labute approximate surface area is 205 Å². The number of methoxy groups -OCH3 is 1. The molecule has 3 rings (SSSR count). The van der Waals surface area contributed by atoms with Gasteiger partial charge in [0.15, 0.2) is 18.1 Å². The van der Waals surface area contributed by atoms with Crippen LogP contribution in [0.25, 0.3) is 6.08 Å². The van der Waals surface area contributed by atoms with Crippen molar-refractivity contribution in [3.05, 3.63) is 56.4 Å². The molecule has 1 N–H and O–H groups in total. The minimum Gasteiger partial charge on any atom is -0.493 e. The molecule has 1 heterocycles. The van der Waals surface area contributed by atoms with Crippen molar-refractivity contribution in [2.24, 2.45) is 0 Å². The number of carbonyl (C=O) groups is 2. The molecule has 0 atom stereocenters. The molecule has 0 spiro atoms. The summed E-state index contributed by atoms with van der Waals surface area (Å²) in [6, 6.07) is 9.14. The first-order valence-corrected chi connectivity index (χ1v) is 11.9. The number of ether oxygens (including phenoxy) is 2. The SMILES string of the molecule is CCN1C(=O)C(=Cc2ccc(OCC(=O)Nc3cc(C)c(C)cc3Br)c(OC)c2)SC1=S. The predicted molar refractivity (Wildman–Crippen MR) is 136 cm³/mol. The van der Waals surface area contributed by atoms with E-state index in [1.54, 1.807) is 29.2 Å². The molecule has 168 valence electrons. The maximum atomic E-state index is 12.4. The number of anilines is 1. The minimum absolute atomic E-state index is 0.101. The van der Waals surface area contributed by atoms with Crippen LogP contribution in [0.15, 0.2) is 39.7 Å². The lowest BCUT2D eigenvalue weighted by Gasteiger charge is -2.13. The average molecular weight is 535 g/mol. The molecule has 1 saturated heterocycles. The van der Waals surface area contributed by atoms with Gasteiger partial charge in [-0.2, -0.15) is 0 Å². The molecule has 6 nitrogen and oxygen atoms in total. The van der Waals surface area contributed by atoms with Crippen LogP contribution in [0.4, 0.5) is 5.69 Å². The predicted octanol–water partition coefficient (Wildman–Crippen LogP) is 5.31. The third-order valence-electron chi connectivity index (χ3n) is 4.89. The number of halogens is 1. The van der Waals surface area contributed by atoms with Gasteiger partial charge in [0.1, 0.15) is 4.32 Å².